The van der Waals surface area contributed by atoms with Crippen LogP contribution in [-0.4, -0.2) is 28.1 Å². The summed E-state index contributed by atoms with van der Waals surface area (Å²) in [4.78, 5) is 25.2. The summed E-state index contributed by atoms with van der Waals surface area (Å²) in [5.74, 6) is -1.24. The van der Waals surface area contributed by atoms with Crippen molar-refractivity contribution in [1.82, 2.24) is 9.47 Å². The third-order valence-corrected chi connectivity index (χ3v) is 4.53. The fourth-order valence-corrected chi connectivity index (χ4v) is 3.13. The second kappa shape index (κ2) is 8.86. The lowest BCUT2D eigenvalue weighted by Crippen LogP contribution is -2.38. The largest absolute Gasteiger partial charge is 0.419 e. The van der Waals surface area contributed by atoms with Crippen LogP contribution in [0, 0.1) is 11.3 Å². The molecule has 0 unspecified atom stereocenters. The predicted molar refractivity (Wildman–Crippen MR) is 102 cm³/mol. The van der Waals surface area contributed by atoms with Crippen molar-refractivity contribution in [2.24, 2.45) is 0 Å². The number of nitriles is 1. The SMILES string of the molecule is N#Cc1ccc(CN(CC(F)(F)F)C(=O)CCCn2c(=O)oc3ccccc32)cc1. The van der Waals surface area contributed by atoms with Gasteiger partial charge in [-0.1, -0.05) is 24.3 Å². The van der Waals surface area contributed by atoms with Crippen molar-refractivity contribution in [2.45, 2.75) is 32.1 Å². The molecule has 0 saturated carbocycles. The quantitative estimate of drug-likeness (QED) is 0.585. The lowest BCUT2D eigenvalue weighted by atomic mass is 10.1. The number of aryl methyl sites for hydroxylation is 1. The third-order valence-electron chi connectivity index (χ3n) is 4.53. The summed E-state index contributed by atoms with van der Waals surface area (Å²) in [5.41, 5.74) is 1.85. The molecule has 0 bridgehead atoms. The smallest absolute Gasteiger partial charge is 0.408 e. The molecule has 0 fully saturated rings. The molecule has 0 radical (unpaired) electrons. The van der Waals surface area contributed by atoms with E-state index in [4.69, 9.17) is 9.68 Å². The van der Waals surface area contributed by atoms with Crippen LogP contribution in [-0.2, 0) is 17.9 Å². The standard InChI is InChI=1S/C21H18F3N3O3/c22-21(23,24)14-26(13-16-9-7-15(12-25)8-10-16)19(28)6-3-11-27-17-4-1-2-5-18(17)30-20(27)29/h1-2,4-5,7-10H,3,6,11,13-14H2. The monoisotopic (exact) mass is 417 g/mol. The molecule has 0 aliphatic rings. The molecule has 2 aromatic carbocycles. The van der Waals surface area contributed by atoms with E-state index >= 15 is 0 Å². The fourth-order valence-electron chi connectivity index (χ4n) is 3.13. The third kappa shape index (κ3) is 5.29. The fraction of sp³-hybridized carbons (Fsp3) is 0.286. The maximum atomic E-state index is 13.0. The van der Waals surface area contributed by atoms with E-state index in [-0.39, 0.29) is 25.9 Å². The minimum absolute atomic E-state index is 0.151. The molecular weight excluding hydrogens is 399 g/mol. The number of nitrogens with zero attached hydrogens (tertiary/aromatic N) is 3. The van der Waals surface area contributed by atoms with Crippen LogP contribution in [0.3, 0.4) is 0 Å². The lowest BCUT2D eigenvalue weighted by molar-refractivity contribution is -0.162. The minimum Gasteiger partial charge on any atom is -0.408 e. The zero-order valence-corrected chi connectivity index (χ0v) is 15.9. The molecule has 0 N–H and O–H groups in total. The van der Waals surface area contributed by atoms with Gasteiger partial charge in [0.1, 0.15) is 6.54 Å². The first kappa shape index (κ1) is 21.2. The Bertz CT molecular complexity index is 1120. The highest BCUT2D eigenvalue weighted by Gasteiger charge is 2.32. The predicted octanol–water partition coefficient (Wildman–Crippen LogP) is 3.84. The molecule has 3 rings (SSSR count). The van der Waals surface area contributed by atoms with E-state index in [9.17, 15) is 22.8 Å². The first-order valence-corrected chi connectivity index (χ1v) is 9.19. The second-order valence-corrected chi connectivity index (χ2v) is 6.76. The zero-order chi connectivity index (χ0) is 21.7. The molecule has 1 aromatic heterocycles. The van der Waals surface area contributed by atoms with Crippen LogP contribution < -0.4 is 5.76 Å². The van der Waals surface area contributed by atoms with Crippen molar-refractivity contribution in [3.63, 3.8) is 0 Å². The molecule has 0 atom stereocenters. The Morgan fingerprint density at radius 3 is 2.50 bits per heavy atom. The Hall–Kier alpha value is -3.54. The summed E-state index contributed by atoms with van der Waals surface area (Å²) in [6, 6.07) is 14.7. The van der Waals surface area contributed by atoms with E-state index in [1.165, 1.54) is 28.8 Å². The molecule has 9 heteroatoms. The zero-order valence-electron chi connectivity index (χ0n) is 15.9. The van der Waals surface area contributed by atoms with E-state index in [1.807, 2.05) is 6.07 Å². The van der Waals surface area contributed by atoms with Gasteiger partial charge in [0.25, 0.3) is 0 Å². The number of amides is 1. The van der Waals surface area contributed by atoms with Crippen molar-refractivity contribution in [2.75, 3.05) is 6.54 Å². The average Bonchev–Trinajstić information content (AvgIpc) is 3.02. The van der Waals surface area contributed by atoms with Crippen LogP contribution in [0.2, 0.25) is 0 Å². The molecule has 6 nitrogen and oxygen atoms in total. The van der Waals surface area contributed by atoms with Gasteiger partial charge in [0, 0.05) is 19.5 Å². The van der Waals surface area contributed by atoms with E-state index < -0.39 is 24.4 Å². The van der Waals surface area contributed by atoms with E-state index in [0.29, 0.717) is 22.2 Å². The minimum atomic E-state index is -4.54. The van der Waals surface area contributed by atoms with Crippen LogP contribution in [0.5, 0.6) is 0 Å². The summed E-state index contributed by atoms with van der Waals surface area (Å²) in [5, 5.41) is 8.82. The molecule has 1 heterocycles. The average molecular weight is 417 g/mol. The Labute approximate surface area is 169 Å². The number of aromatic nitrogens is 1. The molecule has 0 aliphatic heterocycles. The van der Waals surface area contributed by atoms with Gasteiger partial charge in [0.05, 0.1) is 17.1 Å². The number of fused-ring (bicyclic) bond motifs is 1. The number of halogens is 3. The first-order valence-electron chi connectivity index (χ1n) is 9.19. The van der Waals surface area contributed by atoms with E-state index in [2.05, 4.69) is 0 Å². The highest BCUT2D eigenvalue weighted by Crippen LogP contribution is 2.20. The topological polar surface area (TPSA) is 79.2 Å². The number of rotatable bonds is 7. The van der Waals surface area contributed by atoms with Gasteiger partial charge in [-0.2, -0.15) is 18.4 Å². The number of benzene rings is 2. The summed E-state index contributed by atoms with van der Waals surface area (Å²) >= 11 is 0. The number of hydrogen-bond donors (Lipinski definition) is 0. The van der Waals surface area contributed by atoms with Gasteiger partial charge in [-0.15, -0.1) is 0 Å². The van der Waals surface area contributed by atoms with Crippen molar-refractivity contribution >= 4 is 17.0 Å². The first-order chi connectivity index (χ1) is 14.3. The van der Waals surface area contributed by atoms with Gasteiger partial charge >= 0.3 is 11.9 Å². The summed E-state index contributed by atoms with van der Waals surface area (Å²) in [6.07, 6.45) is -4.51. The number of para-hydroxylation sites is 2. The summed E-state index contributed by atoms with van der Waals surface area (Å²) < 4.78 is 45.4. The molecule has 30 heavy (non-hydrogen) atoms. The van der Waals surface area contributed by atoms with Gasteiger partial charge in [-0.3, -0.25) is 9.36 Å². The summed E-state index contributed by atoms with van der Waals surface area (Å²) in [7, 11) is 0. The van der Waals surface area contributed by atoms with Crippen LogP contribution in [0.4, 0.5) is 13.2 Å². The molecule has 3 aromatic rings. The highest BCUT2D eigenvalue weighted by atomic mass is 19.4. The Balaban J connectivity index is 1.67. The van der Waals surface area contributed by atoms with Crippen LogP contribution in [0.25, 0.3) is 11.1 Å². The van der Waals surface area contributed by atoms with E-state index in [1.54, 1.807) is 24.3 Å². The maximum Gasteiger partial charge on any atom is 0.419 e. The number of oxazole rings is 1. The highest BCUT2D eigenvalue weighted by molar-refractivity contribution is 5.76. The Morgan fingerprint density at radius 1 is 1.13 bits per heavy atom. The van der Waals surface area contributed by atoms with Crippen molar-refractivity contribution in [3.8, 4) is 6.07 Å². The van der Waals surface area contributed by atoms with Crippen molar-refractivity contribution in [1.29, 1.82) is 5.26 Å². The maximum absolute atomic E-state index is 13.0. The molecule has 0 spiro atoms. The van der Waals surface area contributed by atoms with Crippen LogP contribution >= 0.6 is 0 Å². The second-order valence-electron chi connectivity index (χ2n) is 6.76. The lowest BCUT2D eigenvalue weighted by Gasteiger charge is -2.24. The Morgan fingerprint density at radius 2 is 1.83 bits per heavy atom. The van der Waals surface area contributed by atoms with Gasteiger partial charge in [0.2, 0.25) is 5.91 Å². The van der Waals surface area contributed by atoms with Crippen LogP contribution in [0.15, 0.2) is 57.7 Å². The van der Waals surface area contributed by atoms with Crippen molar-refractivity contribution < 1.29 is 22.4 Å². The Kier molecular flexibility index (Phi) is 6.26. The molecule has 156 valence electrons. The van der Waals surface area contributed by atoms with Crippen LogP contribution in [0.1, 0.15) is 24.0 Å². The van der Waals surface area contributed by atoms with Crippen molar-refractivity contribution in [3.05, 3.63) is 70.2 Å². The molecule has 0 aliphatic carbocycles. The molecular formula is C21H18F3N3O3. The molecule has 0 saturated heterocycles. The number of carbonyl (C=O) groups excluding carboxylic acids is 1. The normalized spacial score (nSPS) is 11.4. The van der Waals surface area contributed by atoms with Gasteiger partial charge in [-0.25, -0.2) is 4.79 Å². The number of carbonyl (C=O) groups is 1. The van der Waals surface area contributed by atoms with Gasteiger partial charge in [0.15, 0.2) is 5.58 Å². The van der Waals surface area contributed by atoms with E-state index in [0.717, 1.165) is 4.90 Å². The number of alkyl halides is 3. The van der Waals surface area contributed by atoms with Gasteiger partial charge in [-0.05, 0) is 36.2 Å². The number of hydrogen-bond acceptors (Lipinski definition) is 4. The summed E-state index contributed by atoms with van der Waals surface area (Å²) in [6.45, 7) is -1.45. The molecule has 1 amide bonds. The van der Waals surface area contributed by atoms with Gasteiger partial charge < -0.3 is 9.32 Å².